The monoisotopic (exact) mass is 297 g/mol. The number of hydrogen-bond donors (Lipinski definition) is 3. The largest absolute Gasteiger partial charge is 0.370 e. The number of hydrogen-bond acceptors (Lipinski definition) is 2. The molecule has 0 heterocycles. The van der Waals surface area contributed by atoms with Crippen LogP contribution in [0.5, 0.6) is 0 Å². The molecule has 1 aromatic carbocycles. The minimum Gasteiger partial charge on any atom is -0.370 e. The molecule has 0 aliphatic carbocycles. The Morgan fingerprint density at radius 3 is 2.70 bits per heavy atom. The molecule has 6 heteroatoms. The number of nitrogens with one attached hydrogen (secondary N) is 2. The van der Waals surface area contributed by atoms with E-state index < -0.39 is 0 Å². The lowest BCUT2D eigenvalue weighted by molar-refractivity contribution is -0.118. The smallest absolute Gasteiger partial charge is 0.315 e. The number of carbonyl (C=O) groups is 2. The number of amides is 3. The molecule has 0 spiro atoms. The van der Waals surface area contributed by atoms with Crippen molar-refractivity contribution in [1.29, 1.82) is 0 Å². The molecule has 3 amide bonds. The first kappa shape index (κ1) is 16.3. The van der Waals surface area contributed by atoms with E-state index in [2.05, 4.69) is 10.6 Å². The maximum Gasteiger partial charge on any atom is 0.315 e. The van der Waals surface area contributed by atoms with E-state index in [1.54, 1.807) is 0 Å². The van der Waals surface area contributed by atoms with E-state index in [4.69, 9.17) is 17.3 Å². The average Bonchev–Trinajstić information content (AvgIpc) is 2.37. The van der Waals surface area contributed by atoms with E-state index in [0.717, 1.165) is 5.56 Å². The molecule has 20 heavy (non-hydrogen) atoms. The summed E-state index contributed by atoms with van der Waals surface area (Å²) in [7, 11) is 0. The van der Waals surface area contributed by atoms with Gasteiger partial charge in [0.05, 0.1) is 0 Å². The highest BCUT2D eigenvalue weighted by Gasteiger charge is 2.09. The molecule has 0 radical (unpaired) electrons. The van der Waals surface area contributed by atoms with Gasteiger partial charge < -0.3 is 16.4 Å². The van der Waals surface area contributed by atoms with Gasteiger partial charge in [-0.3, -0.25) is 4.79 Å². The lowest BCUT2D eigenvalue weighted by atomic mass is 10.1. The van der Waals surface area contributed by atoms with Crippen molar-refractivity contribution in [2.24, 2.45) is 5.73 Å². The van der Waals surface area contributed by atoms with Crippen LogP contribution in [0.4, 0.5) is 4.79 Å². The highest BCUT2D eigenvalue weighted by Crippen LogP contribution is 2.16. The van der Waals surface area contributed by atoms with Gasteiger partial charge in [0.25, 0.3) is 0 Å². The van der Waals surface area contributed by atoms with Gasteiger partial charge in [0, 0.05) is 24.0 Å². The van der Waals surface area contributed by atoms with Crippen molar-refractivity contribution in [1.82, 2.24) is 10.6 Å². The lowest BCUT2D eigenvalue weighted by Gasteiger charge is -2.15. The topological polar surface area (TPSA) is 84.2 Å². The normalized spacial score (nSPS) is 11.7. The molecule has 0 unspecified atom stereocenters. The summed E-state index contributed by atoms with van der Waals surface area (Å²) in [5, 5.41) is 6.19. The van der Waals surface area contributed by atoms with Gasteiger partial charge in [-0.15, -0.1) is 0 Å². The maximum absolute atomic E-state index is 11.6. The van der Waals surface area contributed by atoms with Gasteiger partial charge in [-0.05, 0) is 31.4 Å². The molecule has 0 aliphatic rings. The summed E-state index contributed by atoms with van der Waals surface area (Å²) in [6.07, 6.45) is 1.48. The Labute approximate surface area is 123 Å². The van der Waals surface area contributed by atoms with Crippen molar-refractivity contribution in [2.75, 3.05) is 6.54 Å². The zero-order chi connectivity index (χ0) is 15.0. The van der Waals surface area contributed by atoms with Gasteiger partial charge in [-0.2, -0.15) is 0 Å². The summed E-state index contributed by atoms with van der Waals surface area (Å²) in [4.78, 5) is 22.1. The minimum absolute atomic E-state index is 0.0361. The molecule has 5 nitrogen and oxygen atoms in total. The van der Waals surface area contributed by atoms with Crippen molar-refractivity contribution in [3.63, 3.8) is 0 Å². The van der Waals surface area contributed by atoms with Crippen molar-refractivity contribution in [2.45, 2.75) is 32.2 Å². The van der Waals surface area contributed by atoms with E-state index in [0.29, 0.717) is 24.4 Å². The Morgan fingerprint density at radius 2 is 2.05 bits per heavy atom. The Bertz CT molecular complexity index is 465. The van der Waals surface area contributed by atoms with Crippen molar-refractivity contribution in [3.8, 4) is 0 Å². The molecule has 0 bridgehead atoms. The molecule has 4 N–H and O–H groups in total. The van der Waals surface area contributed by atoms with Crippen LogP contribution in [0, 0.1) is 0 Å². The van der Waals surface area contributed by atoms with Gasteiger partial charge in [-0.25, -0.2) is 4.79 Å². The third kappa shape index (κ3) is 6.43. The Balaban J connectivity index is 2.28. The number of nitrogens with two attached hydrogens (primary N) is 1. The molecule has 0 fully saturated rings. The highest BCUT2D eigenvalue weighted by atomic mass is 35.5. The maximum atomic E-state index is 11.6. The molecule has 0 saturated heterocycles. The molecule has 110 valence electrons. The summed E-state index contributed by atoms with van der Waals surface area (Å²) in [6.45, 7) is 2.33. The van der Waals surface area contributed by atoms with E-state index in [1.165, 1.54) is 0 Å². The van der Waals surface area contributed by atoms with Crippen LogP contribution in [0.15, 0.2) is 24.3 Å². The summed E-state index contributed by atoms with van der Waals surface area (Å²) >= 11 is 6.06. The van der Waals surface area contributed by atoms with Crippen molar-refractivity contribution in [3.05, 3.63) is 34.9 Å². The van der Waals surface area contributed by atoms with Crippen LogP contribution in [-0.2, 0) is 11.2 Å². The van der Waals surface area contributed by atoms with Gasteiger partial charge in [0.2, 0.25) is 5.91 Å². The number of benzene rings is 1. The average molecular weight is 298 g/mol. The molecular formula is C14H20ClN3O2. The van der Waals surface area contributed by atoms with E-state index >= 15 is 0 Å². The number of urea groups is 1. The number of rotatable bonds is 7. The first-order chi connectivity index (χ1) is 9.49. The predicted molar refractivity (Wildman–Crippen MR) is 79.6 cm³/mol. The summed E-state index contributed by atoms with van der Waals surface area (Å²) in [5.74, 6) is -0.362. The molecule has 0 aliphatic heterocycles. The summed E-state index contributed by atoms with van der Waals surface area (Å²) in [6, 6.07) is 7.26. The number of carbonyl (C=O) groups excluding carboxylic acids is 2. The second-order valence-corrected chi connectivity index (χ2v) is 5.07. The van der Waals surface area contributed by atoms with Crippen LogP contribution in [0.2, 0.25) is 5.02 Å². The summed E-state index contributed by atoms with van der Waals surface area (Å²) < 4.78 is 0. The molecular weight excluding hydrogens is 278 g/mol. The van der Waals surface area contributed by atoms with E-state index in [1.807, 2.05) is 31.2 Å². The summed E-state index contributed by atoms with van der Waals surface area (Å²) in [5.41, 5.74) is 6.01. The van der Waals surface area contributed by atoms with Crippen LogP contribution in [0.3, 0.4) is 0 Å². The van der Waals surface area contributed by atoms with Crippen molar-refractivity contribution >= 4 is 23.5 Å². The zero-order valence-electron chi connectivity index (χ0n) is 11.5. The SMILES string of the molecule is C[C@H](Cc1ccccc1Cl)NC(=O)NCCCC(N)=O. The second-order valence-electron chi connectivity index (χ2n) is 4.67. The zero-order valence-corrected chi connectivity index (χ0v) is 12.2. The third-order valence-corrected chi connectivity index (χ3v) is 3.12. The standard InChI is InChI=1S/C14H20ClN3O2/c1-10(9-11-5-2-3-6-12(11)15)18-14(20)17-8-4-7-13(16)19/h2-3,5-6,10H,4,7-9H2,1H3,(H2,16,19)(H2,17,18,20)/t10-/m1/s1. The fourth-order valence-corrected chi connectivity index (χ4v) is 2.00. The fourth-order valence-electron chi connectivity index (χ4n) is 1.78. The first-order valence-corrected chi connectivity index (χ1v) is 6.93. The highest BCUT2D eigenvalue weighted by molar-refractivity contribution is 6.31. The van der Waals surface area contributed by atoms with Crippen LogP contribution in [0.25, 0.3) is 0 Å². The van der Waals surface area contributed by atoms with Crippen LogP contribution < -0.4 is 16.4 Å². The van der Waals surface area contributed by atoms with Crippen LogP contribution >= 0.6 is 11.6 Å². The van der Waals surface area contributed by atoms with Crippen LogP contribution in [-0.4, -0.2) is 24.5 Å². The molecule has 0 aromatic heterocycles. The molecule has 1 rings (SSSR count). The Hall–Kier alpha value is -1.75. The lowest BCUT2D eigenvalue weighted by Crippen LogP contribution is -2.42. The number of primary amides is 1. The van der Waals surface area contributed by atoms with E-state index in [-0.39, 0.29) is 24.4 Å². The first-order valence-electron chi connectivity index (χ1n) is 6.55. The molecule has 1 atom stereocenters. The fraction of sp³-hybridized carbons (Fsp3) is 0.429. The van der Waals surface area contributed by atoms with Crippen LogP contribution in [0.1, 0.15) is 25.3 Å². The predicted octanol–water partition coefficient (Wildman–Crippen LogP) is 1.84. The molecule has 1 aromatic rings. The second kappa shape index (κ2) is 8.43. The third-order valence-electron chi connectivity index (χ3n) is 2.75. The quantitative estimate of drug-likeness (QED) is 0.671. The van der Waals surface area contributed by atoms with Gasteiger partial charge >= 0.3 is 6.03 Å². The van der Waals surface area contributed by atoms with Gasteiger partial charge in [-0.1, -0.05) is 29.8 Å². The van der Waals surface area contributed by atoms with Gasteiger partial charge in [0.1, 0.15) is 0 Å². The van der Waals surface area contributed by atoms with E-state index in [9.17, 15) is 9.59 Å². The number of halogens is 1. The Kier molecular flexibility index (Phi) is 6.87. The minimum atomic E-state index is -0.362. The molecule has 0 saturated carbocycles. The van der Waals surface area contributed by atoms with Crippen molar-refractivity contribution < 1.29 is 9.59 Å². The Morgan fingerprint density at radius 1 is 1.35 bits per heavy atom. The van der Waals surface area contributed by atoms with Gasteiger partial charge in [0.15, 0.2) is 0 Å².